The van der Waals surface area contributed by atoms with E-state index in [-0.39, 0.29) is 4.47 Å². The van der Waals surface area contributed by atoms with E-state index in [1.165, 1.54) is 6.07 Å². The minimum Gasteiger partial charge on any atom is -0.497 e. The average molecular weight is 325 g/mol. The normalized spacial score (nSPS) is 10.9. The Bertz CT molecular complexity index is 583. The predicted molar refractivity (Wildman–Crippen MR) is 76.0 cm³/mol. The van der Waals surface area contributed by atoms with E-state index in [0.29, 0.717) is 5.56 Å². The van der Waals surface area contributed by atoms with Crippen LogP contribution >= 0.6 is 15.9 Å². The first-order valence-corrected chi connectivity index (χ1v) is 6.36. The van der Waals surface area contributed by atoms with E-state index in [2.05, 4.69) is 15.9 Å². The van der Waals surface area contributed by atoms with Crippen LogP contribution in [0.5, 0.6) is 5.75 Å². The molecule has 0 atom stereocenters. The monoisotopic (exact) mass is 324 g/mol. The van der Waals surface area contributed by atoms with Crippen LogP contribution in [0.1, 0.15) is 11.1 Å². The van der Waals surface area contributed by atoms with Gasteiger partial charge >= 0.3 is 0 Å². The molecule has 0 radical (unpaired) electrons. The van der Waals surface area contributed by atoms with Crippen LogP contribution in [-0.4, -0.2) is 7.11 Å². The number of hydrogen-bond donors (Lipinski definition) is 0. The van der Waals surface area contributed by atoms with Crippen molar-refractivity contribution in [1.29, 1.82) is 0 Å². The molecule has 98 valence electrons. The Morgan fingerprint density at radius 1 is 1.00 bits per heavy atom. The summed E-state index contributed by atoms with van der Waals surface area (Å²) in [6, 6.07) is 10.1. The Balaban J connectivity index is 2.22. The van der Waals surface area contributed by atoms with Crippen LogP contribution in [-0.2, 0) is 0 Å². The fraction of sp³-hybridized carbons (Fsp3) is 0.0667. The van der Waals surface area contributed by atoms with Crippen LogP contribution in [0.4, 0.5) is 8.78 Å². The zero-order chi connectivity index (χ0) is 13.8. The van der Waals surface area contributed by atoms with Gasteiger partial charge in [-0.3, -0.25) is 0 Å². The van der Waals surface area contributed by atoms with Crippen LogP contribution in [0.2, 0.25) is 0 Å². The highest BCUT2D eigenvalue weighted by Gasteiger charge is 2.06. The van der Waals surface area contributed by atoms with Gasteiger partial charge in [0, 0.05) is 0 Å². The topological polar surface area (TPSA) is 9.23 Å². The standard InChI is InChI=1S/C15H11BrF2O/c1-19-12-6-4-10(5-7-12)2-3-11-8-13(16)15(18)14(17)9-11/h2-9H,1H3/b3-2-. The van der Waals surface area contributed by atoms with E-state index in [1.54, 1.807) is 13.2 Å². The second-order valence-electron chi connectivity index (χ2n) is 3.91. The van der Waals surface area contributed by atoms with Crippen molar-refractivity contribution in [3.8, 4) is 5.75 Å². The highest BCUT2D eigenvalue weighted by atomic mass is 79.9. The molecule has 0 aliphatic rings. The molecule has 0 aromatic heterocycles. The average Bonchev–Trinajstić information content (AvgIpc) is 2.43. The number of ether oxygens (including phenoxy) is 1. The van der Waals surface area contributed by atoms with Crippen molar-refractivity contribution in [2.24, 2.45) is 0 Å². The lowest BCUT2D eigenvalue weighted by molar-refractivity contribution is 0.415. The molecule has 0 saturated carbocycles. The van der Waals surface area contributed by atoms with Crippen molar-refractivity contribution in [3.05, 3.63) is 63.6 Å². The maximum Gasteiger partial charge on any atom is 0.173 e. The minimum absolute atomic E-state index is 0.113. The number of halogens is 3. The molecule has 0 N–H and O–H groups in total. The molecule has 0 aliphatic carbocycles. The number of benzene rings is 2. The van der Waals surface area contributed by atoms with Crippen LogP contribution in [0, 0.1) is 11.6 Å². The molecule has 0 heterocycles. The first-order chi connectivity index (χ1) is 9.10. The molecule has 2 aromatic carbocycles. The Kier molecular flexibility index (Phi) is 4.32. The third-order valence-corrected chi connectivity index (χ3v) is 3.17. The summed E-state index contributed by atoms with van der Waals surface area (Å²) in [6.45, 7) is 0. The number of hydrogen-bond acceptors (Lipinski definition) is 1. The molecule has 0 bridgehead atoms. The highest BCUT2D eigenvalue weighted by Crippen LogP contribution is 2.22. The summed E-state index contributed by atoms with van der Waals surface area (Å²) in [5, 5.41) is 0. The molecule has 0 saturated heterocycles. The largest absolute Gasteiger partial charge is 0.497 e. The molecule has 4 heteroatoms. The third-order valence-electron chi connectivity index (χ3n) is 2.59. The van der Waals surface area contributed by atoms with Crippen molar-refractivity contribution >= 4 is 28.1 Å². The van der Waals surface area contributed by atoms with Crippen molar-refractivity contribution in [1.82, 2.24) is 0 Å². The maximum atomic E-state index is 13.2. The zero-order valence-electron chi connectivity index (χ0n) is 10.2. The van der Waals surface area contributed by atoms with Gasteiger partial charge in [-0.15, -0.1) is 0 Å². The van der Waals surface area contributed by atoms with Gasteiger partial charge in [0.25, 0.3) is 0 Å². The van der Waals surface area contributed by atoms with Crippen LogP contribution < -0.4 is 4.74 Å². The summed E-state index contributed by atoms with van der Waals surface area (Å²) < 4.78 is 31.5. The van der Waals surface area contributed by atoms with Crippen LogP contribution in [0.3, 0.4) is 0 Å². The molecule has 0 unspecified atom stereocenters. The van der Waals surface area contributed by atoms with E-state index in [4.69, 9.17) is 4.74 Å². The van der Waals surface area contributed by atoms with E-state index in [0.717, 1.165) is 17.4 Å². The van der Waals surface area contributed by atoms with E-state index in [9.17, 15) is 8.78 Å². The van der Waals surface area contributed by atoms with Gasteiger partial charge in [-0.2, -0.15) is 0 Å². The van der Waals surface area contributed by atoms with Gasteiger partial charge in [-0.1, -0.05) is 24.3 Å². The molecule has 1 nitrogen and oxygen atoms in total. The quantitative estimate of drug-likeness (QED) is 0.576. The molecule has 0 amide bonds. The molecule has 2 aromatic rings. The first-order valence-electron chi connectivity index (χ1n) is 5.57. The van der Waals surface area contributed by atoms with Gasteiger partial charge in [0.15, 0.2) is 11.6 Å². The lowest BCUT2D eigenvalue weighted by Gasteiger charge is -2.01. The predicted octanol–water partition coefficient (Wildman–Crippen LogP) is 4.91. The van der Waals surface area contributed by atoms with Gasteiger partial charge in [0.05, 0.1) is 11.6 Å². The lowest BCUT2D eigenvalue weighted by Crippen LogP contribution is -1.87. The van der Waals surface area contributed by atoms with Gasteiger partial charge in [0.2, 0.25) is 0 Å². The second kappa shape index (κ2) is 5.97. The fourth-order valence-corrected chi connectivity index (χ4v) is 2.03. The summed E-state index contributed by atoms with van der Waals surface area (Å²) in [6.07, 6.45) is 3.54. The fourth-order valence-electron chi connectivity index (χ4n) is 1.58. The van der Waals surface area contributed by atoms with E-state index >= 15 is 0 Å². The van der Waals surface area contributed by atoms with Crippen molar-refractivity contribution < 1.29 is 13.5 Å². The summed E-state index contributed by atoms with van der Waals surface area (Å²) in [5.74, 6) is -0.974. The lowest BCUT2D eigenvalue weighted by atomic mass is 10.1. The number of rotatable bonds is 3. The Morgan fingerprint density at radius 2 is 1.63 bits per heavy atom. The summed E-state index contributed by atoms with van der Waals surface area (Å²) in [7, 11) is 1.60. The van der Waals surface area contributed by atoms with Crippen molar-refractivity contribution in [2.45, 2.75) is 0 Å². The zero-order valence-corrected chi connectivity index (χ0v) is 11.7. The molecule has 0 fully saturated rings. The van der Waals surface area contributed by atoms with Crippen molar-refractivity contribution in [3.63, 3.8) is 0 Å². The SMILES string of the molecule is COc1ccc(/C=C\c2cc(F)c(F)c(Br)c2)cc1. The number of methoxy groups -OCH3 is 1. The Hall–Kier alpha value is -1.68. The van der Waals surface area contributed by atoms with Gasteiger partial charge in [-0.05, 0) is 51.3 Å². The first kappa shape index (κ1) is 13.7. The minimum atomic E-state index is -0.874. The summed E-state index contributed by atoms with van der Waals surface area (Å²) in [5.41, 5.74) is 1.53. The van der Waals surface area contributed by atoms with Crippen LogP contribution in [0.15, 0.2) is 40.9 Å². The Morgan fingerprint density at radius 3 is 2.21 bits per heavy atom. The van der Waals surface area contributed by atoms with Gasteiger partial charge < -0.3 is 4.74 Å². The second-order valence-corrected chi connectivity index (χ2v) is 4.76. The van der Waals surface area contributed by atoms with E-state index < -0.39 is 11.6 Å². The summed E-state index contributed by atoms with van der Waals surface area (Å²) in [4.78, 5) is 0. The smallest absolute Gasteiger partial charge is 0.173 e. The maximum absolute atomic E-state index is 13.2. The van der Waals surface area contributed by atoms with Gasteiger partial charge in [0.1, 0.15) is 5.75 Å². The molecular formula is C15H11BrF2O. The summed E-state index contributed by atoms with van der Waals surface area (Å²) >= 11 is 2.98. The van der Waals surface area contributed by atoms with E-state index in [1.807, 2.05) is 30.3 Å². The molecular weight excluding hydrogens is 314 g/mol. The third kappa shape index (κ3) is 3.41. The molecule has 0 aliphatic heterocycles. The highest BCUT2D eigenvalue weighted by molar-refractivity contribution is 9.10. The molecule has 19 heavy (non-hydrogen) atoms. The Labute approximate surface area is 118 Å². The van der Waals surface area contributed by atoms with Gasteiger partial charge in [-0.25, -0.2) is 8.78 Å². The molecule has 0 spiro atoms. The van der Waals surface area contributed by atoms with Crippen LogP contribution in [0.25, 0.3) is 12.2 Å². The molecule has 2 rings (SSSR count). The van der Waals surface area contributed by atoms with Crippen molar-refractivity contribution in [2.75, 3.05) is 7.11 Å².